The van der Waals surface area contributed by atoms with E-state index in [1.807, 2.05) is 42.5 Å². The zero-order valence-electron chi connectivity index (χ0n) is 18.9. The minimum atomic E-state index is -0.580. The van der Waals surface area contributed by atoms with Gasteiger partial charge in [-0.15, -0.1) is 0 Å². The summed E-state index contributed by atoms with van der Waals surface area (Å²) in [5, 5.41) is 9.34. The Morgan fingerprint density at radius 1 is 0.943 bits per heavy atom. The van der Waals surface area contributed by atoms with Gasteiger partial charge in [-0.05, 0) is 59.9 Å². The van der Waals surface area contributed by atoms with Crippen molar-refractivity contribution in [3.63, 3.8) is 0 Å². The van der Waals surface area contributed by atoms with Crippen LogP contribution in [0.1, 0.15) is 16.7 Å². The Kier molecular flexibility index (Phi) is 6.59. The number of anilines is 3. The van der Waals surface area contributed by atoms with Gasteiger partial charge in [-0.1, -0.05) is 41.9 Å². The lowest BCUT2D eigenvalue weighted by atomic mass is 9.92. The van der Waals surface area contributed by atoms with Crippen LogP contribution < -0.4 is 16.0 Å². The third-order valence-corrected chi connectivity index (χ3v) is 6.78. The number of amides is 1. The lowest BCUT2D eigenvalue weighted by Gasteiger charge is -2.26. The average molecular weight is 494 g/mol. The lowest BCUT2D eigenvalue weighted by molar-refractivity contribution is -0.149. The quantitative estimate of drug-likeness (QED) is 0.434. The molecule has 2 heterocycles. The third kappa shape index (κ3) is 5.25. The standard InChI is InChI=1S/C27H25ClFN3O3/c28-22-7-6-21(12-23(22)29)32-26(33)19-11-18-9-16(5-8-25(18)30-13-19)15-35-27(34)20-10-17-3-1-2-4-24(17)31-14-20/h1-9,12,19-20,30-31H,10-11,13-15H2,(H,32,33). The monoisotopic (exact) mass is 493 g/mol. The highest BCUT2D eigenvalue weighted by molar-refractivity contribution is 6.30. The Morgan fingerprint density at radius 2 is 1.69 bits per heavy atom. The number of carbonyl (C=O) groups is 2. The van der Waals surface area contributed by atoms with Crippen LogP contribution in [0, 0.1) is 17.7 Å². The summed E-state index contributed by atoms with van der Waals surface area (Å²) < 4.78 is 19.3. The maximum Gasteiger partial charge on any atom is 0.311 e. The molecule has 0 aromatic heterocycles. The van der Waals surface area contributed by atoms with E-state index in [-0.39, 0.29) is 35.3 Å². The van der Waals surface area contributed by atoms with Gasteiger partial charge in [0.15, 0.2) is 0 Å². The predicted octanol–water partition coefficient (Wildman–Crippen LogP) is 5.03. The molecule has 0 aliphatic carbocycles. The number of esters is 1. The number of fused-ring (bicyclic) bond motifs is 2. The van der Waals surface area contributed by atoms with Crippen LogP contribution in [0.5, 0.6) is 0 Å². The first kappa shape index (κ1) is 23.2. The van der Waals surface area contributed by atoms with Crippen molar-refractivity contribution in [1.29, 1.82) is 0 Å². The first-order valence-electron chi connectivity index (χ1n) is 11.6. The molecule has 0 saturated carbocycles. The van der Waals surface area contributed by atoms with E-state index in [1.165, 1.54) is 12.1 Å². The van der Waals surface area contributed by atoms with Crippen LogP contribution in [0.3, 0.4) is 0 Å². The molecule has 8 heteroatoms. The molecule has 6 nitrogen and oxygen atoms in total. The molecule has 3 N–H and O–H groups in total. The molecule has 0 bridgehead atoms. The van der Waals surface area contributed by atoms with Gasteiger partial charge in [0.2, 0.25) is 5.91 Å². The Bertz CT molecular complexity index is 1280. The molecule has 2 unspecified atom stereocenters. The second-order valence-corrected chi connectivity index (χ2v) is 9.35. The molecule has 2 atom stereocenters. The van der Waals surface area contributed by atoms with E-state index in [0.29, 0.717) is 31.6 Å². The van der Waals surface area contributed by atoms with Gasteiger partial charge in [0.25, 0.3) is 0 Å². The fraction of sp³-hybridized carbons (Fsp3) is 0.259. The Balaban J connectivity index is 1.18. The smallest absolute Gasteiger partial charge is 0.311 e. The topological polar surface area (TPSA) is 79.5 Å². The SMILES string of the molecule is O=C(Nc1ccc(Cl)c(F)c1)C1CNc2ccc(COC(=O)C3CNc4ccccc4C3)cc2C1. The van der Waals surface area contributed by atoms with Gasteiger partial charge in [0, 0.05) is 30.2 Å². The van der Waals surface area contributed by atoms with Crippen molar-refractivity contribution in [3.8, 4) is 0 Å². The fourth-order valence-corrected chi connectivity index (χ4v) is 4.65. The summed E-state index contributed by atoms with van der Waals surface area (Å²) in [7, 11) is 0. The molecule has 0 radical (unpaired) electrons. The Morgan fingerprint density at radius 3 is 2.51 bits per heavy atom. The van der Waals surface area contributed by atoms with Gasteiger partial charge in [-0.2, -0.15) is 0 Å². The van der Waals surface area contributed by atoms with Gasteiger partial charge in [-0.25, -0.2) is 4.39 Å². The van der Waals surface area contributed by atoms with E-state index in [0.717, 1.165) is 28.1 Å². The zero-order chi connectivity index (χ0) is 24.4. The first-order valence-corrected chi connectivity index (χ1v) is 11.9. The predicted molar refractivity (Wildman–Crippen MR) is 134 cm³/mol. The summed E-state index contributed by atoms with van der Waals surface area (Å²) in [6, 6.07) is 18.0. The summed E-state index contributed by atoms with van der Waals surface area (Å²) in [6.45, 7) is 1.20. The Hall–Kier alpha value is -3.58. The van der Waals surface area contributed by atoms with Gasteiger partial charge < -0.3 is 20.7 Å². The van der Waals surface area contributed by atoms with Gasteiger partial charge in [-0.3, -0.25) is 9.59 Å². The lowest BCUT2D eigenvalue weighted by Crippen LogP contribution is -2.34. The van der Waals surface area contributed by atoms with Crippen molar-refractivity contribution in [1.82, 2.24) is 0 Å². The number of rotatable bonds is 5. The van der Waals surface area contributed by atoms with Crippen molar-refractivity contribution >= 4 is 40.5 Å². The second kappa shape index (κ2) is 9.96. The van der Waals surface area contributed by atoms with E-state index in [1.54, 1.807) is 6.07 Å². The second-order valence-electron chi connectivity index (χ2n) is 8.94. The van der Waals surface area contributed by atoms with Gasteiger partial charge >= 0.3 is 5.97 Å². The molecule has 3 aromatic carbocycles. The van der Waals surface area contributed by atoms with E-state index >= 15 is 0 Å². The van der Waals surface area contributed by atoms with Crippen LogP contribution in [0.15, 0.2) is 60.7 Å². The number of para-hydroxylation sites is 1. The van der Waals surface area contributed by atoms with E-state index < -0.39 is 5.82 Å². The fourth-order valence-electron chi connectivity index (χ4n) is 4.53. The number of hydrogen-bond donors (Lipinski definition) is 3. The molecular formula is C27H25ClFN3O3. The van der Waals surface area contributed by atoms with Crippen molar-refractivity contribution in [2.75, 3.05) is 29.0 Å². The minimum absolute atomic E-state index is 0.00838. The molecule has 1 amide bonds. The number of carbonyl (C=O) groups excluding carboxylic acids is 2. The van der Waals surface area contributed by atoms with Crippen LogP contribution in [-0.2, 0) is 33.8 Å². The van der Waals surface area contributed by atoms with Gasteiger partial charge in [0.05, 0.1) is 16.9 Å². The zero-order valence-corrected chi connectivity index (χ0v) is 19.7. The molecule has 0 spiro atoms. The largest absolute Gasteiger partial charge is 0.461 e. The molecule has 3 aromatic rings. The van der Waals surface area contributed by atoms with Crippen LogP contribution in [-0.4, -0.2) is 25.0 Å². The van der Waals surface area contributed by atoms with Crippen molar-refractivity contribution in [3.05, 3.63) is 88.2 Å². The average Bonchev–Trinajstić information content (AvgIpc) is 2.88. The maximum absolute atomic E-state index is 13.7. The summed E-state index contributed by atoms with van der Waals surface area (Å²) in [4.78, 5) is 25.4. The van der Waals surface area contributed by atoms with Crippen LogP contribution in [0.25, 0.3) is 0 Å². The third-order valence-electron chi connectivity index (χ3n) is 6.47. The van der Waals surface area contributed by atoms with Crippen LogP contribution >= 0.6 is 11.6 Å². The highest BCUT2D eigenvalue weighted by Gasteiger charge is 2.27. The number of benzene rings is 3. The first-order chi connectivity index (χ1) is 17.0. The van der Waals surface area contributed by atoms with Crippen LogP contribution in [0.2, 0.25) is 5.02 Å². The molecule has 5 rings (SSSR count). The summed E-state index contributed by atoms with van der Waals surface area (Å²) in [5.41, 5.74) is 5.34. The number of hydrogen-bond acceptors (Lipinski definition) is 5. The number of nitrogens with one attached hydrogen (secondary N) is 3. The van der Waals surface area contributed by atoms with Crippen LogP contribution in [0.4, 0.5) is 21.5 Å². The number of ether oxygens (including phenoxy) is 1. The van der Waals surface area contributed by atoms with E-state index in [2.05, 4.69) is 16.0 Å². The minimum Gasteiger partial charge on any atom is -0.461 e. The van der Waals surface area contributed by atoms with E-state index in [9.17, 15) is 14.0 Å². The molecule has 0 saturated heterocycles. The van der Waals surface area contributed by atoms with Crippen molar-refractivity contribution in [2.45, 2.75) is 19.4 Å². The summed E-state index contributed by atoms with van der Waals surface area (Å²) in [5.74, 6) is -1.56. The maximum atomic E-state index is 13.7. The van der Waals surface area contributed by atoms with Crippen molar-refractivity contribution < 1.29 is 18.7 Å². The molecule has 35 heavy (non-hydrogen) atoms. The molecule has 180 valence electrons. The van der Waals surface area contributed by atoms with E-state index in [4.69, 9.17) is 16.3 Å². The molecule has 2 aliphatic heterocycles. The molecular weight excluding hydrogens is 469 g/mol. The van der Waals surface area contributed by atoms with Crippen molar-refractivity contribution in [2.24, 2.45) is 11.8 Å². The highest BCUT2D eigenvalue weighted by atomic mass is 35.5. The highest BCUT2D eigenvalue weighted by Crippen LogP contribution is 2.28. The summed E-state index contributed by atoms with van der Waals surface area (Å²) >= 11 is 5.71. The van der Waals surface area contributed by atoms with Gasteiger partial charge in [0.1, 0.15) is 12.4 Å². The summed E-state index contributed by atoms with van der Waals surface area (Å²) in [6.07, 6.45) is 1.18. The number of halogens is 2. The normalized spacial score (nSPS) is 18.3. The molecule has 0 fully saturated rings. The Labute approximate surface area is 207 Å². The molecule has 2 aliphatic rings.